The molecular formula is C14H29NO2. The molecule has 0 saturated carbocycles. The van der Waals surface area contributed by atoms with Gasteiger partial charge in [-0.3, -0.25) is 4.79 Å². The van der Waals surface area contributed by atoms with Gasteiger partial charge in [-0.25, -0.2) is 0 Å². The first-order valence-corrected chi connectivity index (χ1v) is 6.31. The Labute approximate surface area is 106 Å². The lowest BCUT2D eigenvalue weighted by molar-refractivity contribution is -0.164. The van der Waals surface area contributed by atoms with Gasteiger partial charge >= 0.3 is 5.97 Å². The van der Waals surface area contributed by atoms with Crippen LogP contribution in [0, 0.1) is 16.2 Å². The lowest BCUT2D eigenvalue weighted by atomic mass is 9.61. The van der Waals surface area contributed by atoms with Crippen molar-refractivity contribution in [3.63, 3.8) is 0 Å². The Morgan fingerprint density at radius 1 is 1.06 bits per heavy atom. The number of hydrogen-bond acceptors (Lipinski definition) is 3. The van der Waals surface area contributed by atoms with E-state index in [0.29, 0.717) is 13.2 Å². The maximum absolute atomic E-state index is 12.3. The number of ether oxygens (including phenoxy) is 1. The van der Waals surface area contributed by atoms with Gasteiger partial charge in [-0.1, -0.05) is 41.5 Å². The summed E-state index contributed by atoms with van der Waals surface area (Å²) >= 11 is 0. The molecule has 2 N–H and O–H groups in total. The topological polar surface area (TPSA) is 52.3 Å². The van der Waals surface area contributed by atoms with Crippen molar-refractivity contribution in [2.24, 2.45) is 22.0 Å². The van der Waals surface area contributed by atoms with Gasteiger partial charge in [0.05, 0.1) is 5.41 Å². The third-order valence-electron chi connectivity index (χ3n) is 3.34. The van der Waals surface area contributed by atoms with Crippen molar-refractivity contribution in [3.8, 4) is 0 Å². The van der Waals surface area contributed by atoms with Crippen LogP contribution in [0.25, 0.3) is 0 Å². The summed E-state index contributed by atoms with van der Waals surface area (Å²) < 4.78 is 5.26. The molecule has 0 aliphatic carbocycles. The van der Waals surface area contributed by atoms with Crippen molar-refractivity contribution in [2.75, 3.05) is 13.2 Å². The molecule has 3 heteroatoms. The summed E-state index contributed by atoms with van der Waals surface area (Å²) in [5.41, 5.74) is 4.85. The maximum Gasteiger partial charge on any atom is 0.312 e. The molecule has 0 saturated heterocycles. The summed E-state index contributed by atoms with van der Waals surface area (Å²) in [4.78, 5) is 12.3. The molecule has 3 nitrogen and oxygen atoms in total. The van der Waals surface area contributed by atoms with E-state index in [-0.39, 0.29) is 16.8 Å². The normalized spacial score (nSPS) is 16.5. The fourth-order valence-electron chi connectivity index (χ4n) is 2.02. The average Bonchev–Trinajstić information content (AvgIpc) is 2.09. The van der Waals surface area contributed by atoms with E-state index in [1.165, 1.54) is 0 Å². The zero-order chi connectivity index (χ0) is 13.9. The van der Waals surface area contributed by atoms with E-state index >= 15 is 0 Å². The number of hydrogen-bond donors (Lipinski definition) is 1. The fourth-order valence-corrected chi connectivity index (χ4v) is 2.02. The highest BCUT2D eigenvalue weighted by molar-refractivity contribution is 5.77. The average molecular weight is 243 g/mol. The second kappa shape index (κ2) is 5.38. The van der Waals surface area contributed by atoms with E-state index in [1.807, 2.05) is 6.92 Å². The minimum atomic E-state index is -0.486. The van der Waals surface area contributed by atoms with E-state index in [0.717, 1.165) is 6.42 Å². The fraction of sp³-hybridized carbons (Fsp3) is 0.929. The first-order chi connectivity index (χ1) is 7.44. The van der Waals surface area contributed by atoms with E-state index in [9.17, 15) is 4.79 Å². The summed E-state index contributed by atoms with van der Waals surface area (Å²) in [6.07, 6.45) is 0.799. The van der Waals surface area contributed by atoms with Crippen molar-refractivity contribution in [3.05, 3.63) is 0 Å². The third-order valence-corrected chi connectivity index (χ3v) is 3.34. The van der Waals surface area contributed by atoms with Crippen molar-refractivity contribution in [1.82, 2.24) is 0 Å². The van der Waals surface area contributed by atoms with Crippen molar-refractivity contribution in [1.29, 1.82) is 0 Å². The Morgan fingerprint density at radius 3 is 1.82 bits per heavy atom. The molecule has 0 bridgehead atoms. The third kappa shape index (κ3) is 4.66. The van der Waals surface area contributed by atoms with Crippen molar-refractivity contribution >= 4 is 5.97 Å². The Hall–Kier alpha value is -0.570. The summed E-state index contributed by atoms with van der Waals surface area (Å²) in [7, 11) is 0. The van der Waals surface area contributed by atoms with E-state index in [2.05, 4.69) is 41.5 Å². The smallest absolute Gasteiger partial charge is 0.312 e. The molecule has 102 valence electrons. The minimum Gasteiger partial charge on any atom is -0.464 e. The predicted octanol–water partition coefficient (Wildman–Crippen LogP) is 2.98. The Balaban J connectivity index is 5.05. The summed E-state index contributed by atoms with van der Waals surface area (Å²) in [6.45, 7) is 15.4. The molecule has 0 rings (SSSR count). The van der Waals surface area contributed by atoms with Crippen LogP contribution < -0.4 is 5.73 Å². The van der Waals surface area contributed by atoms with Gasteiger partial charge in [0.2, 0.25) is 0 Å². The first-order valence-electron chi connectivity index (χ1n) is 6.31. The van der Waals surface area contributed by atoms with Gasteiger partial charge in [-0.2, -0.15) is 0 Å². The molecule has 1 atom stereocenters. The lowest BCUT2D eigenvalue weighted by Gasteiger charge is -2.43. The van der Waals surface area contributed by atoms with Gasteiger partial charge in [0.15, 0.2) is 0 Å². The van der Waals surface area contributed by atoms with Crippen LogP contribution in [0.2, 0.25) is 0 Å². The van der Waals surface area contributed by atoms with Gasteiger partial charge < -0.3 is 10.5 Å². The highest BCUT2D eigenvalue weighted by Gasteiger charge is 2.47. The SMILES string of the molecule is CC(C)(C)CC(C)(C(=O)OCCN)C(C)(C)C. The molecule has 0 radical (unpaired) electrons. The molecule has 0 aliphatic rings. The van der Waals surface area contributed by atoms with Crippen LogP contribution in [0.15, 0.2) is 0 Å². The Bertz CT molecular complexity index is 260. The van der Waals surface area contributed by atoms with Crippen LogP contribution in [-0.4, -0.2) is 19.1 Å². The molecule has 0 aliphatic heterocycles. The van der Waals surface area contributed by atoms with Crippen LogP contribution in [0.3, 0.4) is 0 Å². The lowest BCUT2D eigenvalue weighted by Crippen LogP contribution is -2.44. The molecule has 17 heavy (non-hydrogen) atoms. The van der Waals surface area contributed by atoms with Crippen LogP contribution in [0.1, 0.15) is 54.9 Å². The summed E-state index contributed by atoms with van der Waals surface area (Å²) in [5, 5.41) is 0. The first kappa shape index (κ1) is 16.4. The predicted molar refractivity (Wildman–Crippen MR) is 71.6 cm³/mol. The highest BCUT2D eigenvalue weighted by atomic mass is 16.5. The molecule has 0 amide bonds. The van der Waals surface area contributed by atoms with Crippen LogP contribution in [0.4, 0.5) is 0 Å². The zero-order valence-electron chi connectivity index (χ0n) is 12.5. The van der Waals surface area contributed by atoms with Gasteiger partial charge in [0, 0.05) is 6.54 Å². The zero-order valence-corrected chi connectivity index (χ0v) is 12.5. The van der Waals surface area contributed by atoms with Gasteiger partial charge in [0.25, 0.3) is 0 Å². The van der Waals surface area contributed by atoms with Crippen LogP contribution >= 0.6 is 0 Å². The molecule has 0 aromatic heterocycles. The summed E-state index contributed by atoms with van der Waals surface area (Å²) in [5.74, 6) is -0.134. The molecule has 0 heterocycles. The van der Waals surface area contributed by atoms with E-state index < -0.39 is 5.41 Å². The van der Waals surface area contributed by atoms with Gasteiger partial charge in [-0.15, -0.1) is 0 Å². The van der Waals surface area contributed by atoms with E-state index in [1.54, 1.807) is 0 Å². The standard InChI is InChI=1S/C14H29NO2/c1-12(2,3)10-14(7,13(4,5)6)11(16)17-9-8-15/h8-10,15H2,1-7H3. The van der Waals surface area contributed by atoms with Gasteiger partial charge in [-0.05, 0) is 24.2 Å². The van der Waals surface area contributed by atoms with Crippen LogP contribution in [0.5, 0.6) is 0 Å². The molecular weight excluding hydrogens is 214 g/mol. The largest absolute Gasteiger partial charge is 0.464 e. The second-order valence-corrected chi connectivity index (χ2v) is 7.24. The molecule has 0 spiro atoms. The number of rotatable bonds is 4. The maximum atomic E-state index is 12.3. The van der Waals surface area contributed by atoms with Crippen LogP contribution in [-0.2, 0) is 9.53 Å². The Morgan fingerprint density at radius 2 is 1.53 bits per heavy atom. The molecule has 0 aromatic carbocycles. The van der Waals surface area contributed by atoms with Crippen molar-refractivity contribution in [2.45, 2.75) is 54.9 Å². The summed E-state index contributed by atoms with van der Waals surface area (Å²) in [6, 6.07) is 0. The number of carbonyl (C=O) groups is 1. The quantitative estimate of drug-likeness (QED) is 0.772. The second-order valence-electron chi connectivity index (χ2n) is 7.24. The molecule has 1 unspecified atom stereocenters. The molecule has 0 fully saturated rings. The van der Waals surface area contributed by atoms with Gasteiger partial charge in [0.1, 0.15) is 6.61 Å². The number of nitrogens with two attached hydrogens (primary N) is 1. The number of carbonyl (C=O) groups excluding carboxylic acids is 1. The number of esters is 1. The molecule has 0 aromatic rings. The monoisotopic (exact) mass is 243 g/mol. The van der Waals surface area contributed by atoms with Crippen molar-refractivity contribution < 1.29 is 9.53 Å². The Kier molecular flexibility index (Phi) is 5.20. The highest BCUT2D eigenvalue weighted by Crippen LogP contribution is 2.47. The van der Waals surface area contributed by atoms with E-state index in [4.69, 9.17) is 10.5 Å². The minimum absolute atomic E-state index is 0.0871.